The topological polar surface area (TPSA) is 57.6 Å². The van der Waals surface area contributed by atoms with Crippen molar-refractivity contribution in [3.8, 4) is 11.1 Å². The number of rotatable bonds is 6. The molecule has 124 valence electrons. The van der Waals surface area contributed by atoms with Gasteiger partial charge in [-0.15, -0.1) is 0 Å². The second kappa shape index (κ2) is 7.30. The number of hydrogen-bond acceptors (Lipinski definition) is 2. The van der Waals surface area contributed by atoms with Gasteiger partial charge in [-0.1, -0.05) is 42.5 Å². The third kappa shape index (κ3) is 3.48. The summed E-state index contributed by atoms with van der Waals surface area (Å²) in [6.07, 6.45) is 2.56. The molecule has 2 aromatic carbocycles. The zero-order valence-corrected chi connectivity index (χ0v) is 13.6. The molecule has 3 rings (SSSR count). The summed E-state index contributed by atoms with van der Waals surface area (Å²) in [6, 6.07) is 16.3. The molecule has 1 aliphatic rings. The van der Waals surface area contributed by atoms with E-state index in [1.54, 1.807) is 0 Å². The highest BCUT2D eigenvalue weighted by atomic mass is 16.4. The number of benzene rings is 2. The summed E-state index contributed by atoms with van der Waals surface area (Å²) in [5, 5.41) is 8.66. The van der Waals surface area contributed by atoms with Crippen LogP contribution in [-0.2, 0) is 16.0 Å². The molecule has 1 heterocycles. The summed E-state index contributed by atoms with van der Waals surface area (Å²) in [5.74, 6) is -0.717. The standard InChI is InChI=1S/C20H21NO3/c22-19(11-4-5-12-20(23)24)21-14-13-17-16(9-6-10-18(17)21)15-7-2-1-3-8-15/h1-3,6-10H,4-5,11-14H2,(H,23,24). The van der Waals surface area contributed by atoms with E-state index in [9.17, 15) is 9.59 Å². The van der Waals surface area contributed by atoms with Crippen LogP contribution in [0.3, 0.4) is 0 Å². The van der Waals surface area contributed by atoms with Gasteiger partial charge in [-0.25, -0.2) is 0 Å². The predicted molar refractivity (Wildman–Crippen MR) is 94.0 cm³/mol. The number of nitrogens with zero attached hydrogens (tertiary/aromatic N) is 1. The Morgan fingerprint density at radius 3 is 2.46 bits per heavy atom. The molecular weight excluding hydrogens is 302 g/mol. The molecule has 1 aliphatic heterocycles. The number of carbonyl (C=O) groups is 2. The maximum atomic E-state index is 12.5. The van der Waals surface area contributed by atoms with Crippen LogP contribution >= 0.6 is 0 Å². The number of fused-ring (bicyclic) bond motifs is 1. The normalized spacial score (nSPS) is 12.9. The summed E-state index contributed by atoms with van der Waals surface area (Å²) in [5.41, 5.74) is 4.58. The second-order valence-electron chi connectivity index (χ2n) is 6.07. The van der Waals surface area contributed by atoms with Gasteiger partial charge in [-0.05, 0) is 42.0 Å². The van der Waals surface area contributed by atoms with E-state index in [4.69, 9.17) is 5.11 Å². The van der Waals surface area contributed by atoms with Crippen molar-refractivity contribution in [1.82, 2.24) is 0 Å². The van der Waals surface area contributed by atoms with Crippen molar-refractivity contribution in [2.45, 2.75) is 32.1 Å². The van der Waals surface area contributed by atoms with Crippen molar-refractivity contribution in [3.05, 3.63) is 54.1 Å². The van der Waals surface area contributed by atoms with Gasteiger partial charge in [0, 0.05) is 25.1 Å². The Kier molecular flexibility index (Phi) is 4.94. The minimum Gasteiger partial charge on any atom is -0.481 e. The van der Waals surface area contributed by atoms with E-state index in [1.165, 1.54) is 16.7 Å². The Labute approximate surface area is 141 Å². The van der Waals surface area contributed by atoms with Gasteiger partial charge in [0.2, 0.25) is 5.91 Å². The fraction of sp³-hybridized carbons (Fsp3) is 0.300. The lowest BCUT2D eigenvalue weighted by Crippen LogP contribution is -2.28. The van der Waals surface area contributed by atoms with Crippen LogP contribution < -0.4 is 4.90 Å². The first-order chi connectivity index (χ1) is 11.7. The number of carboxylic acid groups (broad SMARTS) is 1. The van der Waals surface area contributed by atoms with Gasteiger partial charge in [0.15, 0.2) is 0 Å². The van der Waals surface area contributed by atoms with Crippen molar-refractivity contribution in [2.24, 2.45) is 0 Å². The van der Waals surface area contributed by atoms with Gasteiger partial charge in [0.1, 0.15) is 0 Å². The number of amides is 1. The zero-order chi connectivity index (χ0) is 16.9. The second-order valence-corrected chi connectivity index (χ2v) is 6.07. The molecule has 0 fully saturated rings. The Bertz CT molecular complexity index is 740. The fourth-order valence-corrected chi connectivity index (χ4v) is 3.27. The molecule has 0 atom stereocenters. The molecule has 0 bridgehead atoms. The molecule has 0 unspecified atom stereocenters. The highest BCUT2D eigenvalue weighted by Crippen LogP contribution is 2.36. The van der Waals surface area contributed by atoms with Crippen molar-refractivity contribution in [3.63, 3.8) is 0 Å². The van der Waals surface area contributed by atoms with Crippen LogP contribution in [0.1, 0.15) is 31.2 Å². The summed E-state index contributed by atoms with van der Waals surface area (Å²) in [7, 11) is 0. The highest BCUT2D eigenvalue weighted by molar-refractivity contribution is 5.97. The van der Waals surface area contributed by atoms with Gasteiger partial charge in [0.05, 0.1) is 0 Å². The van der Waals surface area contributed by atoms with Crippen LogP contribution in [-0.4, -0.2) is 23.5 Å². The largest absolute Gasteiger partial charge is 0.481 e. The van der Waals surface area contributed by atoms with Gasteiger partial charge in [-0.3, -0.25) is 9.59 Å². The molecule has 24 heavy (non-hydrogen) atoms. The van der Waals surface area contributed by atoms with E-state index in [0.717, 1.165) is 12.1 Å². The molecule has 0 aliphatic carbocycles. The Hall–Kier alpha value is -2.62. The van der Waals surface area contributed by atoms with Crippen molar-refractivity contribution in [1.29, 1.82) is 0 Å². The third-order valence-corrected chi connectivity index (χ3v) is 4.44. The average molecular weight is 323 g/mol. The molecule has 2 aromatic rings. The molecule has 0 saturated heterocycles. The van der Waals surface area contributed by atoms with Crippen LogP contribution in [0.4, 0.5) is 5.69 Å². The summed E-state index contributed by atoms with van der Waals surface area (Å²) in [6.45, 7) is 0.705. The number of hydrogen-bond donors (Lipinski definition) is 1. The smallest absolute Gasteiger partial charge is 0.303 e. The molecule has 1 N–H and O–H groups in total. The van der Waals surface area contributed by atoms with E-state index < -0.39 is 5.97 Å². The predicted octanol–water partition coefficient (Wildman–Crippen LogP) is 3.89. The third-order valence-electron chi connectivity index (χ3n) is 4.44. The number of unbranched alkanes of at least 4 members (excludes halogenated alkanes) is 1. The Morgan fingerprint density at radius 1 is 0.958 bits per heavy atom. The number of anilines is 1. The molecular formula is C20H21NO3. The molecule has 0 saturated carbocycles. The summed E-state index contributed by atoms with van der Waals surface area (Å²) >= 11 is 0. The average Bonchev–Trinajstić information content (AvgIpc) is 3.03. The van der Waals surface area contributed by atoms with Gasteiger partial charge in [-0.2, -0.15) is 0 Å². The summed E-state index contributed by atoms with van der Waals surface area (Å²) in [4.78, 5) is 24.9. The molecule has 1 amide bonds. The van der Waals surface area contributed by atoms with Crippen LogP contribution in [0.25, 0.3) is 11.1 Å². The van der Waals surface area contributed by atoms with Gasteiger partial charge < -0.3 is 10.0 Å². The van der Waals surface area contributed by atoms with Gasteiger partial charge in [0.25, 0.3) is 0 Å². The van der Waals surface area contributed by atoms with E-state index in [1.807, 2.05) is 35.2 Å². The first kappa shape index (κ1) is 16.2. The Morgan fingerprint density at radius 2 is 1.71 bits per heavy atom. The quantitative estimate of drug-likeness (QED) is 0.821. The first-order valence-corrected chi connectivity index (χ1v) is 8.36. The van der Waals surface area contributed by atoms with Crippen molar-refractivity contribution < 1.29 is 14.7 Å². The minimum absolute atomic E-state index is 0.0874. The lowest BCUT2D eigenvalue weighted by Gasteiger charge is -2.18. The van der Waals surface area contributed by atoms with E-state index in [-0.39, 0.29) is 12.3 Å². The minimum atomic E-state index is -0.804. The van der Waals surface area contributed by atoms with Crippen molar-refractivity contribution in [2.75, 3.05) is 11.4 Å². The zero-order valence-electron chi connectivity index (χ0n) is 13.6. The van der Waals surface area contributed by atoms with Crippen LogP contribution in [0.2, 0.25) is 0 Å². The molecule has 4 heteroatoms. The van der Waals surface area contributed by atoms with Crippen molar-refractivity contribution >= 4 is 17.6 Å². The SMILES string of the molecule is O=C(O)CCCCC(=O)N1CCc2c(-c3ccccc3)cccc21. The summed E-state index contributed by atoms with van der Waals surface area (Å²) < 4.78 is 0. The molecule has 0 aromatic heterocycles. The first-order valence-electron chi connectivity index (χ1n) is 8.36. The van der Waals surface area contributed by atoms with Gasteiger partial charge >= 0.3 is 5.97 Å². The number of carboxylic acids is 1. The van der Waals surface area contributed by atoms with Crippen LogP contribution in [0.15, 0.2) is 48.5 Å². The van der Waals surface area contributed by atoms with Crippen LogP contribution in [0, 0.1) is 0 Å². The molecule has 0 radical (unpaired) electrons. The van der Waals surface area contributed by atoms with E-state index >= 15 is 0 Å². The maximum Gasteiger partial charge on any atom is 0.303 e. The fourth-order valence-electron chi connectivity index (χ4n) is 3.27. The number of aliphatic carboxylic acids is 1. The van der Waals surface area contributed by atoms with Crippen LogP contribution in [0.5, 0.6) is 0 Å². The highest BCUT2D eigenvalue weighted by Gasteiger charge is 2.26. The molecule has 4 nitrogen and oxygen atoms in total. The number of carbonyl (C=O) groups excluding carboxylic acids is 1. The lowest BCUT2D eigenvalue weighted by molar-refractivity contribution is -0.137. The van der Waals surface area contributed by atoms with E-state index in [2.05, 4.69) is 18.2 Å². The Balaban J connectivity index is 1.73. The monoisotopic (exact) mass is 323 g/mol. The van der Waals surface area contributed by atoms with E-state index in [0.29, 0.717) is 25.8 Å². The lowest BCUT2D eigenvalue weighted by atomic mass is 9.98. The molecule has 0 spiro atoms. The maximum absolute atomic E-state index is 12.5.